The summed E-state index contributed by atoms with van der Waals surface area (Å²) < 4.78 is 0. The lowest BCUT2D eigenvalue weighted by atomic mass is 10.1. The van der Waals surface area contributed by atoms with Gasteiger partial charge >= 0.3 is 5.97 Å². The van der Waals surface area contributed by atoms with Crippen LogP contribution in [-0.2, 0) is 4.79 Å². The summed E-state index contributed by atoms with van der Waals surface area (Å²) in [5, 5.41) is 26.0. The first-order valence-electron chi connectivity index (χ1n) is 3.20. The van der Waals surface area contributed by atoms with Crippen LogP contribution in [0, 0.1) is 0 Å². The SMILES string of the molecule is O=C(O)C[C@@H](O)CC(O)CCl. The van der Waals surface area contributed by atoms with E-state index in [1.165, 1.54) is 0 Å². The highest BCUT2D eigenvalue weighted by Gasteiger charge is 2.13. The van der Waals surface area contributed by atoms with Gasteiger partial charge in [0.2, 0.25) is 0 Å². The molecule has 1 unspecified atom stereocenters. The molecule has 0 saturated carbocycles. The van der Waals surface area contributed by atoms with Gasteiger partial charge in [-0.1, -0.05) is 0 Å². The van der Waals surface area contributed by atoms with Crippen LogP contribution in [0.15, 0.2) is 0 Å². The van der Waals surface area contributed by atoms with E-state index in [1.54, 1.807) is 0 Å². The predicted molar refractivity (Wildman–Crippen MR) is 39.6 cm³/mol. The average molecular weight is 183 g/mol. The number of carboxylic acid groups (broad SMARTS) is 1. The van der Waals surface area contributed by atoms with Gasteiger partial charge in [0.1, 0.15) is 0 Å². The smallest absolute Gasteiger partial charge is 0.305 e. The number of hydrogen-bond donors (Lipinski definition) is 3. The molecule has 0 aliphatic rings. The first-order valence-corrected chi connectivity index (χ1v) is 3.73. The van der Waals surface area contributed by atoms with Crippen molar-refractivity contribution in [3.05, 3.63) is 0 Å². The molecule has 0 bridgehead atoms. The van der Waals surface area contributed by atoms with Crippen LogP contribution < -0.4 is 0 Å². The van der Waals surface area contributed by atoms with Crippen LogP contribution >= 0.6 is 11.6 Å². The lowest BCUT2D eigenvalue weighted by Gasteiger charge is -2.10. The van der Waals surface area contributed by atoms with E-state index in [1.807, 2.05) is 0 Å². The first-order chi connectivity index (χ1) is 5.06. The third-order valence-electron chi connectivity index (χ3n) is 1.13. The number of carbonyl (C=O) groups is 1. The van der Waals surface area contributed by atoms with Crippen molar-refractivity contribution in [2.45, 2.75) is 25.0 Å². The topological polar surface area (TPSA) is 77.8 Å². The van der Waals surface area contributed by atoms with Crippen molar-refractivity contribution in [2.24, 2.45) is 0 Å². The van der Waals surface area contributed by atoms with Crippen LogP contribution in [0.25, 0.3) is 0 Å². The van der Waals surface area contributed by atoms with Crippen LogP contribution in [0.5, 0.6) is 0 Å². The summed E-state index contributed by atoms with van der Waals surface area (Å²) in [6, 6.07) is 0. The van der Waals surface area contributed by atoms with Gasteiger partial charge in [-0.15, -0.1) is 11.6 Å². The molecule has 5 heteroatoms. The molecule has 0 aromatic rings. The van der Waals surface area contributed by atoms with E-state index in [-0.39, 0.29) is 18.7 Å². The third-order valence-corrected chi connectivity index (χ3v) is 1.49. The lowest BCUT2D eigenvalue weighted by molar-refractivity contribution is -0.139. The Morgan fingerprint density at radius 3 is 2.27 bits per heavy atom. The van der Waals surface area contributed by atoms with E-state index in [0.717, 1.165) is 0 Å². The summed E-state index contributed by atoms with van der Waals surface area (Å²) in [5.74, 6) is -1.07. The second-order valence-corrected chi connectivity index (χ2v) is 2.60. The number of hydrogen-bond acceptors (Lipinski definition) is 3. The molecule has 2 atom stereocenters. The summed E-state index contributed by atoms with van der Waals surface area (Å²) in [5.41, 5.74) is 0. The Balaban J connectivity index is 3.51. The van der Waals surface area contributed by atoms with Crippen molar-refractivity contribution in [3.8, 4) is 0 Å². The molecule has 0 amide bonds. The molecule has 0 aliphatic heterocycles. The minimum absolute atomic E-state index is 0.00972. The van der Waals surface area contributed by atoms with Gasteiger partial charge in [0.15, 0.2) is 0 Å². The standard InChI is InChI=1S/C6H11ClO4/c7-3-5(9)1-4(8)2-6(10)11/h4-5,8-9H,1-3H2,(H,10,11)/t4-,5?/m0/s1. The van der Waals surface area contributed by atoms with Gasteiger partial charge in [-0.25, -0.2) is 0 Å². The first kappa shape index (κ1) is 10.7. The molecule has 0 aromatic heterocycles. The van der Waals surface area contributed by atoms with Gasteiger partial charge in [0.05, 0.1) is 18.6 Å². The molecule has 4 nitrogen and oxygen atoms in total. The molecular formula is C6H11ClO4. The van der Waals surface area contributed by atoms with Crippen molar-refractivity contribution in [1.82, 2.24) is 0 Å². The van der Waals surface area contributed by atoms with Gasteiger partial charge in [0.25, 0.3) is 0 Å². The molecule has 0 spiro atoms. The van der Waals surface area contributed by atoms with E-state index < -0.39 is 18.2 Å². The van der Waals surface area contributed by atoms with E-state index >= 15 is 0 Å². The number of halogens is 1. The largest absolute Gasteiger partial charge is 0.481 e. The molecule has 0 aliphatic carbocycles. The Morgan fingerprint density at radius 2 is 1.91 bits per heavy atom. The fourth-order valence-electron chi connectivity index (χ4n) is 0.662. The van der Waals surface area contributed by atoms with Crippen molar-refractivity contribution >= 4 is 17.6 Å². The molecule has 3 N–H and O–H groups in total. The fourth-order valence-corrected chi connectivity index (χ4v) is 0.788. The summed E-state index contributed by atoms with van der Waals surface area (Å²) >= 11 is 5.22. The minimum Gasteiger partial charge on any atom is -0.481 e. The van der Waals surface area contributed by atoms with Crippen molar-refractivity contribution < 1.29 is 20.1 Å². The Hall–Kier alpha value is -0.320. The summed E-state index contributed by atoms with van der Waals surface area (Å²) in [7, 11) is 0. The Kier molecular flexibility index (Phi) is 5.19. The molecule has 0 fully saturated rings. The summed E-state index contributed by atoms with van der Waals surface area (Å²) in [6.45, 7) is 0. The van der Waals surface area contributed by atoms with Crippen molar-refractivity contribution in [3.63, 3.8) is 0 Å². The monoisotopic (exact) mass is 182 g/mol. The maximum atomic E-state index is 10.0. The number of aliphatic carboxylic acids is 1. The molecule has 0 saturated heterocycles. The molecular weight excluding hydrogens is 172 g/mol. The fraction of sp³-hybridized carbons (Fsp3) is 0.833. The maximum absolute atomic E-state index is 10.0. The number of aliphatic hydroxyl groups excluding tert-OH is 2. The zero-order chi connectivity index (χ0) is 8.85. The Bertz CT molecular complexity index is 128. The van der Waals surface area contributed by atoms with Crippen LogP contribution in [0.2, 0.25) is 0 Å². The highest BCUT2D eigenvalue weighted by molar-refractivity contribution is 6.18. The van der Waals surface area contributed by atoms with E-state index in [0.29, 0.717) is 0 Å². The molecule has 0 heterocycles. The van der Waals surface area contributed by atoms with Gasteiger partial charge in [-0.05, 0) is 0 Å². The van der Waals surface area contributed by atoms with Gasteiger partial charge in [-0.3, -0.25) is 4.79 Å². The minimum atomic E-state index is -1.08. The molecule has 11 heavy (non-hydrogen) atoms. The lowest BCUT2D eigenvalue weighted by Crippen LogP contribution is -2.21. The zero-order valence-electron chi connectivity index (χ0n) is 5.90. The molecule has 66 valence electrons. The van der Waals surface area contributed by atoms with Crippen LogP contribution in [-0.4, -0.2) is 39.4 Å². The van der Waals surface area contributed by atoms with E-state index in [4.69, 9.17) is 26.9 Å². The normalized spacial score (nSPS) is 15.9. The van der Waals surface area contributed by atoms with E-state index in [9.17, 15) is 4.79 Å². The average Bonchev–Trinajstić information content (AvgIpc) is 1.85. The molecule has 0 aromatic carbocycles. The Morgan fingerprint density at radius 1 is 1.36 bits per heavy atom. The number of alkyl halides is 1. The molecule has 0 rings (SSSR count). The van der Waals surface area contributed by atoms with Crippen LogP contribution in [0.1, 0.15) is 12.8 Å². The number of carboxylic acids is 1. The Labute approximate surface area is 69.4 Å². The highest BCUT2D eigenvalue weighted by atomic mass is 35.5. The summed E-state index contributed by atoms with van der Waals surface area (Å²) in [4.78, 5) is 10.0. The van der Waals surface area contributed by atoms with Crippen LogP contribution in [0.4, 0.5) is 0 Å². The number of aliphatic hydroxyl groups is 2. The van der Waals surface area contributed by atoms with Crippen molar-refractivity contribution in [2.75, 3.05) is 5.88 Å². The maximum Gasteiger partial charge on any atom is 0.305 e. The summed E-state index contributed by atoms with van der Waals surface area (Å²) in [6.07, 6.45) is -2.18. The quantitative estimate of drug-likeness (QED) is 0.515. The van der Waals surface area contributed by atoms with Gasteiger partial charge < -0.3 is 15.3 Å². The predicted octanol–water partition coefficient (Wildman–Crippen LogP) is -0.188. The van der Waals surface area contributed by atoms with Gasteiger partial charge in [-0.2, -0.15) is 0 Å². The second kappa shape index (κ2) is 5.35. The molecule has 0 radical (unpaired) electrons. The highest BCUT2D eigenvalue weighted by Crippen LogP contribution is 2.03. The third kappa shape index (κ3) is 6.09. The van der Waals surface area contributed by atoms with Crippen molar-refractivity contribution in [1.29, 1.82) is 0 Å². The van der Waals surface area contributed by atoms with Crippen LogP contribution in [0.3, 0.4) is 0 Å². The zero-order valence-corrected chi connectivity index (χ0v) is 6.66. The number of rotatable bonds is 5. The second-order valence-electron chi connectivity index (χ2n) is 2.30. The van der Waals surface area contributed by atoms with Gasteiger partial charge in [0, 0.05) is 12.3 Å². The van der Waals surface area contributed by atoms with E-state index in [2.05, 4.69) is 0 Å².